The molecule has 2 aromatic rings. The van der Waals surface area contributed by atoms with Crippen LogP contribution in [-0.4, -0.2) is 39.5 Å². The number of nitrogens with zero attached hydrogens (tertiary/aromatic N) is 5. The molecule has 0 aliphatic carbocycles. The molecule has 0 unspecified atom stereocenters. The van der Waals surface area contributed by atoms with Crippen LogP contribution < -0.4 is 9.80 Å². The second-order valence-corrected chi connectivity index (χ2v) is 5.83. The van der Waals surface area contributed by atoms with Gasteiger partial charge >= 0.3 is 0 Å². The number of carbonyl (C=O) groups is 1. The van der Waals surface area contributed by atoms with E-state index in [0.717, 1.165) is 25.1 Å². The van der Waals surface area contributed by atoms with Gasteiger partial charge in [0, 0.05) is 19.2 Å². The van der Waals surface area contributed by atoms with Crippen molar-refractivity contribution in [2.45, 2.75) is 31.3 Å². The van der Waals surface area contributed by atoms with E-state index < -0.39 is 5.82 Å². The van der Waals surface area contributed by atoms with Crippen LogP contribution >= 0.6 is 0 Å². The fourth-order valence-electron chi connectivity index (χ4n) is 3.60. The average Bonchev–Trinajstić information content (AvgIpc) is 3.00. The summed E-state index contributed by atoms with van der Waals surface area (Å²) in [4.78, 5) is 28.7. The van der Waals surface area contributed by atoms with Gasteiger partial charge in [-0.3, -0.25) is 9.78 Å². The lowest BCUT2D eigenvalue weighted by Crippen LogP contribution is -2.53. The third-order valence-electron chi connectivity index (χ3n) is 4.55. The molecule has 0 N–H and O–H groups in total. The van der Waals surface area contributed by atoms with Crippen molar-refractivity contribution in [3.8, 4) is 0 Å². The second kappa shape index (κ2) is 5.57. The highest BCUT2D eigenvalue weighted by atomic mass is 19.1. The lowest BCUT2D eigenvalue weighted by Gasteiger charge is -2.39. The smallest absolute Gasteiger partial charge is 0.227 e. The zero-order valence-corrected chi connectivity index (χ0v) is 12.5. The minimum Gasteiger partial charge on any atom is -0.336 e. The van der Waals surface area contributed by atoms with Crippen LogP contribution in [0.3, 0.4) is 0 Å². The number of piperidine rings is 1. The van der Waals surface area contributed by atoms with Crippen LogP contribution in [0.4, 0.5) is 16.0 Å². The first-order valence-corrected chi connectivity index (χ1v) is 7.70. The van der Waals surface area contributed by atoms with Crippen molar-refractivity contribution in [1.29, 1.82) is 0 Å². The number of halogens is 1. The monoisotopic (exact) mass is 313 g/mol. The zero-order chi connectivity index (χ0) is 15.8. The summed E-state index contributed by atoms with van der Waals surface area (Å²) in [5.74, 6) is 0.209. The second-order valence-electron chi connectivity index (χ2n) is 5.83. The van der Waals surface area contributed by atoms with Gasteiger partial charge in [-0.2, -0.15) is 0 Å². The number of amides is 1. The number of carbonyl (C=O) groups excluding carboxylic acids is 1. The fraction of sp³-hybridized carbons (Fsp3) is 0.375. The fourth-order valence-corrected chi connectivity index (χ4v) is 3.60. The first-order chi connectivity index (χ1) is 11.2. The van der Waals surface area contributed by atoms with Gasteiger partial charge in [0.25, 0.3) is 0 Å². The quantitative estimate of drug-likeness (QED) is 0.846. The maximum atomic E-state index is 13.0. The zero-order valence-electron chi connectivity index (χ0n) is 12.5. The Kier molecular flexibility index (Phi) is 3.40. The molecule has 0 bridgehead atoms. The predicted molar refractivity (Wildman–Crippen MR) is 82.5 cm³/mol. The minimum atomic E-state index is -0.444. The Morgan fingerprint density at radius 2 is 1.96 bits per heavy atom. The summed E-state index contributed by atoms with van der Waals surface area (Å²) in [6.45, 7) is 0.755. The Bertz CT molecular complexity index is 708. The molecule has 2 saturated heterocycles. The number of hydrogen-bond donors (Lipinski definition) is 0. The van der Waals surface area contributed by atoms with Crippen molar-refractivity contribution in [2.24, 2.45) is 0 Å². The van der Waals surface area contributed by atoms with E-state index in [2.05, 4.69) is 19.9 Å². The van der Waals surface area contributed by atoms with Crippen LogP contribution in [0.2, 0.25) is 0 Å². The third-order valence-corrected chi connectivity index (χ3v) is 4.55. The first-order valence-electron chi connectivity index (χ1n) is 7.70. The van der Waals surface area contributed by atoms with E-state index in [1.165, 1.54) is 12.4 Å². The number of hydrogen-bond acceptors (Lipinski definition) is 5. The topological polar surface area (TPSA) is 62.2 Å². The van der Waals surface area contributed by atoms with Gasteiger partial charge in [-0.05, 0) is 25.0 Å². The first kappa shape index (κ1) is 14.0. The molecule has 23 heavy (non-hydrogen) atoms. The van der Waals surface area contributed by atoms with Crippen molar-refractivity contribution in [3.63, 3.8) is 0 Å². The normalized spacial score (nSPS) is 24.0. The highest BCUT2D eigenvalue weighted by Gasteiger charge is 2.44. The van der Waals surface area contributed by atoms with Gasteiger partial charge in [-0.1, -0.05) is 0 Å². The Morgan fingerprint density at radius 1 is 1.13 bits per heavy atom. The summed E-state index contributed by atoms with van der Waals surface area (Å²) in [6.07, 6.45) is 7.87. The van der Waals surface area contributed by atoms with Crippen molar-refractivity contribution >= 4 is 17.5 Å². The number of pyridine rings is 1. The van der Waals surface area contributed by atoms with E-state index in [4.69, 9.17) is 0 Å². The maximum Gasteiger partial charge on any atom is 0.227 e. The minimum absolute atomic E-state index is 0.0779. The van der Waals surface area contributed by atoms with Gasteiger partial charge in [0.05, 0.1) is 36.4 Å². The van der Waals surface area contributed by atoms with Gasteiger partial charge in [0.15, 0.2) is 5.82 Å². The number of aromatic nitrogens is 3. The van der Waals surface area contributed by atoms with E-state index in [0.29, 0.717) is 12.4 Å². The molecular weight excluding hydrogens is 297 g/mol. The van der Waals surface area contributed by atoms with Crippen molar-refractivity contribution in [3.05, 3.63) is 42.7 Å². The van der Waals surface area contributed by atoms with Crippen LogP contribution in [0.25, 0.3) is 0 Å². The van der Waals surface area contributed by atoms with Gasteiger partial charge in [-0.15, -0.1) is 0 Å². The summed E-state index contributed by atoms with van der Waals surface area (Å²) < 4.78 is 13.0. The highest BCUT2D eigenvalue weighted by Crippen LogP contribution is 2.35. The predicted octanol–water partition coefficient (Wildman–Crippen LogP) is 1.78. The van der Waals surface area contributed by atoms with Crippen LogP contribution in [0.15, 0.2) is 36.9 Å². The molecule has 4 rings (SSSR count). The number of anilines is 2. The number of fused-ring (bicyclic) bond motifs is 1. The molecule has 2 aliphatic heterocycles. The molecule has 4 heterocycles. The molecular formula is C16H16FN5O. The molecule has 2 aromatic heterocycles. The molecule has 7 heteroatoms. The van der Waals surface area contributed by atoms with Crippen molar-refractivity contribution in [2.75, 3.05) is 16.3 Å². The maximum absolute atomic E-state index is 13.0. The van der Waals surface area contributed by atoms with Gasteiger partial charge < -0.3 is 9.80 Å². The molecule has 0 saturated carbocycles. The molecule has 2 atom stereocenters. The molecule has 6 nitrogen and oxygen atoms in total. The highest BCUT2D eigenvalue weighted by molar-refractivity contribution is 5.95. The van der Waals surface area contributed by atoms with E-state index in [9.17, 15) is 9.18 Å². The largest absolute Gasteiger partial charge is 0.336 e. The lowest BCUT2D eigenvalue weighted by atomic mass is 9.96. The van der Waals surface area contributed by atoms with E-state index in [1.54, 1.807) is 12.4 Å². The van der Waals surface area contributed by atoms with E-state index >= 15 is 0 Å². The van der Waals surface area contributed by atoms with Crippen LogP contribution in [-0.2, 0) is 4.79 Å². The van der Waals surface area contributed by atoms with Gasteiger partial charge in [0.1, 0.15) is 0 Å². The Labute approximate surface area is 133 Å². The summed E-state index contributed by atoms with van der Waals surface area (Å²) in [6, 6.07) is 3.97. The number of rotatable bonds is 2. The Morgan fingerprint density at radius 3 is 2.70 bits per heavy atom. The lowest BCUT2D eigenvalue weighted by molar-refractivity contribution is -0.120. The van der Waals surface area contributed by atoms with Gasteiger partial charge in [-0.25, -0.2) is 14.4 Å². The average molecular weight is 313 g/mol. The molecule has 2 aliphatic rings. The van der Waals surface area contributed by atoms with E-state index in [-0.39, 0.29) is 18.0 Å². The molecule has 0 spiro atoms. The van der Waals surface area contributed by atoms with E-state index in [1.807, 2.05) is 17.0 Å². The summed E-state index contributed by atoms with van der Waals surface area (Å²) in [5, 5.41) is 0. The van der Waals surface area contributed by atoms with Crippen molar-refractivity contribution in [1.82, 2.24) is 15.0 Å². The molecule has 2 fully saturated rings. The Hall–Kier alpha value is -2.57. The van der Waals surface area contributed by atoms with Crippen LogP contribution in [0.1, 0.15) is 19.3 Å². The molecule has 0 aromatic carbocycles. The molecule has 118 valence electrons. The summed E-state index contributed by atoms with van der Waals surface area (Å²) in [5.41, 5.74) is 0.828. The third kappa shape index (κ3) is 2.42. The summed E-state index contributed by atoms with van der Waals surface area (Å²) in [7, 11) is 0. The molecule has 0 radical (unpaired) electrons. The van der Waals surface area contributed by atoms with Gasteiger partial charge in [0.2, 0.25) is 11.9 Å². The summed E-state index contributed by atoms with van der Waals surface area (Å²) >= 11 is 0. The van der Waals surface area contributed by atoms with Crippen LogP contribution in [0.5, 0.6) is 0 Å². The standard InChI is InChI=1S/C16H16FN5O/c17-11-8-19-16(20-9-11)21-7-5-14-13(21)3-4-15(23)22(14)12-2-1-6-18-10-12/h1-2,6,8-10,13-14H,3-5,7H2/t13-,14-/m0/s1. The van der Waals surface area contributed by atoms with Crippen molar-refractivity contribution < 1.29 is 9.18 Å². The molecule has 1 amide bonds. The Balaban J connectivity index is 1.64. The SMILES string of the molecule is O=C1CC[C@H]2[C@H](CCN2c2ncc(F)cn2)N1c1cccnc1. The van der Waals surface area contributed by atoms with Crippen LogP contribution in [0, 0.1) is 5.82 Å².